The Labute approximate surface area is 277 Å². The first kappa shape index (κ1) is 30.7. The number of rotatable bonds is 7. The maximum absolute atomic E-state index is 9.67. The topological polar surface area (TPSA) is 156 Å². The molecule has 1 aliphatic heterocycles. The zero-order valence-electron chi connectivity index (χ0n) is 24.3. The Kier molecular flexibility index (Phi) is 9.45. The number of anilines is 2. The van der Waals surface area contributed by atoms with E-state index in [1.165, 1.54) is 11.3 Å². The lowest BCUT2D eigenvalue weighted by Gasteiger charge is -2.14. The van der Waals surface area contributed by atoms with Crippen LogP contribution in [-0.2, 0) is 6.42 Å². The van der Waals surface area contributed by atoms with E-state index in [4.69, 9.17) is 11.6 Å². The number of benzene rings is 2. The molecule has 0 aliphatic carbocycles. The standard InChI is InChI=1S/C18H15N7S.C14H9ClN4S/c19-9-13(17-24-15-3-1-2-4-16(15)26-17)14-6-8-22-18(25-14)21-7-5-12-10-20-11-23-12;1-19-11-4-2-3-5-12(11)20-13(19)9(8-16)10-6-7-17-14(15)18-10/h1-4,6,8,10-11,13H,5,7H2,(H,20,23)(H,21,22,25);2-7H,1H3/b;13-9-. The van der Waals surface area contributed by atoms with E-state index < -0.39 is 5.92 Å². The Morgan fingerprint density at radius 2 is 1.85 bits per heavy atom. The summed E-state index contributed by atoms with van der Waals surface area (Å²) in [5, 5.41) is 24.1. The second-order valence-corrected chi connectivity index (χ2v) is 12.2. The Balaban J connectivity index is 0.000000167. The highest BCUT2D eigenvalue weighted by Gasteiger charge is 2.26. The molecule has 0 saturated carbocycles. The number of imidazole rings is 1. The Bertz CT molecular complexity index is 2060. The summed E-state index contributed by atoms with van der Waals surface area (Å²) in [5.74, 6) is -0.00747. The molecular formula is C32H24ClN11S2. The van der Waals surface area contributed by atoms with E-state index in [2.05, 4.69) is 52.3 Å². The van der Waals surface area contributed by atoms with Gasteiger partial charge in [-0.25, -0.2) is 29.9 Å². The molecule has 226 valence electrons. The molecule has 2 N–H and O–H groups in total. The van der Waals surface area contributed by atoms with Crippen LogP contribution in [0.3, 0.4) is 0 Å². The van der Waals surface area contributed by atoms with Crippen LogP contribution in [0.4, 0.5) is 11.6 Å². The van der Waals surface area contributed by atoms with Gasteiger partial charge in [-0.2, -0.15) is 10.5 Å². The maximum atomic E-state index is 9.67. The molecule has 2 aromatic carbocycles. The number of fused-ring (bicyclic) bond motifs is 2. The van der Waals surface area contributed by atoms with Crippen molar-refractivity contribution in [1.82, 2.24) is 34.9 Å². The van der Waals surface area contributed by atoms with Crippen LogP contribution in [0.15, 0.2) is 95.5 Å². The smallest absolute Gasteiger partial charge is 0.222 e. The number of aromatic nitrogens is 7. The number of thioether (sulfide) groups is 1. The summed E-state index contributed by atoms with van der Waals surface area (Å²) >= 11 is 8.88. The van der Waals surface area contributed by atoms with Crippen LogP contribution < -0.4 is 10.2 Å². The van der Waals surface area contributed by atoms with Crippen molar-refractivity contribution in [2.75, 3.05) is 23.8 Å². The SMILES string of the molecule is CN1/C(=C(\C#N)c2ccnc(Cl)n2)Sc2ccccc21.N#CC(c1ccnc(NCCc2cnc[nH]2)n1)c1nc2ccccc2s1. The van der Waals surface area contributed by atoms with Crippen molar-refractivity contribution in [2.45, 2.75) is 17.2 Å². The van der Waals surface area contributed by atoms with Crippen LogP contribution in [0, 0.1) is 22.7 Å². The zero-order valence-corrected chi connectivity index (χ0v) is 26.7. The third-order valence-corrected chi connectivity index (χ3v) is 9.36. The highest BCUT2D eigenvalue weighted by atomic mass is 35.5. The number of aromatic amines is 1. The van der Waals surface area contributed by atoms with Gasteiger partial charge in [0, 0.05) is 49.2 Å². The molecule has 5 heterocycles. The molecule has 0 amide bonds. The number of nitrogens with zero attached hydrogens (tertiary/aromatic N) is 9. The fourth-order valence-electron chi connectivity index (χ4n) is 4.62. The molecule has 0 spiro atoms. The van der Waals surface area contributed by atoms with Crippen LogP contribution in [0.2, 0.25) is 5.28 Å². The number of thiazole rings is 1. The summed E-state index contributed by atoms with van der Waals surface area (Å²) in [5.41, 5.74) is 4.70. The summed E-state index contributed by atoms with van der Waals surface area (Å²) < 4.78 is 1.06. The molecule has 7 rings (SSSR count). The first-order valence-electron chi connectivity index (χ1n) is 14.0. The highest BCUT2D eigenvalue weighted by molar-refractivity contribution is 8.04. The van der Waals surface area contributed by atoms with Gasteiger partial charge in [0.2, 0.25) is 11.2 Å². The number of allylic oxidation sites excluding steroid dienone is 1. The van der Waals surface area contributed by atoms with E-state index >= 15 is 0 Å². The van der Waals surface area contributed by atoms with Gasteiger partial charge >= 0.3 is 0 Å². The Hall–Kier alpha value is -5.34. The van der Waals surface area contributed by atoms with Gasteiger partial charge in [0.05, 0.1) is 39.7 Å². The average Bonchev–Trinajstić information content (AvgIpc) is 3.83. The minimum atomic E-state index is -0.511. The van der Waals surface area contributed by atoms with E-state index in [9.17, 15) is 10.5 Å². The molecule has 0 saturated heterocycles. The molecule has 14 heteroatoms. The number of hydrogen-bond acceptors (Lipinski definition) is 12. The fraction of sp³-hybridized carbons (Fsp3) is 0.125. The minimum absolute atomic E-state index is 0.138. The van der Waals surface area contributed by atoms with E-state index in [1.54, 1.807) is 48.8 Å². The molecule has 46 heavy (non-hydrogen) atoms. The van der Waals surface area contributed by atoms with Gasteiger partial charge in [-0.05, 0) is 48.0 Å². The predicted molar refractivity (Wildman–Crippen MR) is 180 cm³/mol. The minimum Gasteiger partial charge on any atom is -0.354 e. The van der Waals surface area contributed by atoms with Crippen molar-refractivity contribution in [3.63, 3.8) is 0 Å². The Morgan fingerprint density at radius 1 is 1.02 bits per heavy atom. The number of para-hydroxylation sites is 2. The van der Waals surface area contributed by atoms with Crippen LogP contribution in [0.25, 0.3) is 15.8 Å². The van der Waals surface area contributed by atoms with Crippen molar-refractivity contribution in [3.8, 4) is 12.1 Å². The van der Waals surface area contributed by atoms with Crippen molar-refractivity contribution < 1.29 is 0 Å². The molecule has 4 aromatic heterocycles. The lowest BCUT2D eigenvalue weighted by atomic mass is 10.1. The van der Waals surface area contributed by atoms with Crippen molar-refractivity contribution in [2.24, 2.45) is 0 Å². The first-order chi connectivity index (χ1) is 22.5. The summed E-state index contributed by atoms with van der Waals surface area (Å²) in [6.45, 7) is 0.671. The average molecular weight is 662 g/mol. The predicted octanol–water partition coefficient (Wildman–Crippen LogP) is 6.68. The van der Waals surface area contributed by atoms with Gasteiger partial charge in [-0.1, -0.05) is 36.0 Å². The van der Waals surface area contributed by atoms with E-state index in [0.717, 1.165) is 43.0 Å². The third-order valence-electron chi connectivity index (χ3n) is 6.84. The van der Waals surface area contributed by atoms with Crippen LogP contribution >= 0.6 is 34.7 Å². The summed E-state index contributed by atoms with van der Waals surface area (Å²) in [6.07, 6.45) is 7.45. The normalized spacial score (nSPS) is 13.6. The maximum Gasteiger partial charge on any atom is 0.222 e. The van der Waals surface area contributed by atoms with Gasteiger partial charge in [0.15, 0.2) is 0 Å². The number of nitriles is 2. The van der Waals surface area contributed by atoms with Crippen molar-refractivity contribution in [3.05, 3.63) is 118 Å². The number of hydrogen-bond donors (Lipinski definition) is 2. The molecule has 0 bridgehead atoms. The molecule has 1 aliphatic rings. The van der Waals surface area contributed by atoms with Crippen LogP contribution in [0.1, 0.15) is 28.0 Å². The van der Waals surface area contributed by atoms with Gasteiger partial charge in [0.25, 0.3) is 0 Å². The van der Waals surface area contributed by atoms with Crippen LogP contribution in [-0.4, -0.2) is 48.5 Å². The van der Waals surface area contributed by atoms with E-state index in [1.807, 2.05) is 60.5 Å². The first-order valence-corrected chi connectivity index (χ1v) is 16.0. The number of halogens is 1. The van der Waals surface area contributed by atoms with E-state index in [-0.39, 0.29) is 5.28 Å². The zero-order chi connectivity index (χ0) is 31.9. The largest absolute Gasteiger partial charge is 0.354 e. The highest BCUT2D eigenvalue weighted by Crippen LogP contribution is 2.47. The van der Waals surface area contributed by atoms with Crippen molar-refractivity contribution >= 4 is 62.1 Å². The molecular weight excluding hydrogens is 638 g/mol. The monoisotopic (exact) mass is 661 g/mol. The van der Waals surface area contributed by atoms with Gasteiger partial charge in [-0.3, -0.25) is 0 Å². The Morgan fingerprint density at radius 3 is 2.61 bits per heavy atom. The summed E-state index contributed by atoms with van der Waals surface area (Å²) in [7, 11) is 1.94. The molecule has 0 radical (unpaired) electrons. The third kappa shape index (κ3) is 6.82. The molecule has 11 nitrogen and oxygen atoms in total. The van der Waals surface area contributed by atoms with Gasteiger partial charge < -0.3 is 15.2 Å². The lowest BCUT2D eigenvalue weighted by Crippen LogP contribution is -2.11. The number of nitrogens with one attached hydrogen (secondary N) is 2. The molecule has 1 unspecified atom stereocenters. The van der Waals surface area contributed by atoms with Crippen LogP contribution in [0.5, 0.6) is 0 Å². The second-order valence-electron chi connectivity index (χ2n) is 9.77. The summed E-state index contributed by atoms with van der Waals surface area (Å²) in [6, 6.07) is 23.9. The van der Waals surface area contributed by atoms with Gasteiger partial charge in [0.1, 0.15) is 27.6 Å². The van der Waals surface area contributed by atoms with Crippen molar-refractivity contribution in [1.29, 1.82) is 10.5 Å². The number of H-pyrrole nitrogens is 1. The molecule has 0 fully saturated rings. The lowest BCUT2D eigenvalue weighted by molar-refractivity contribution is 0.910. The molecule has 6 aromatic rings. The molecule has 1 atom stereocenters. The quantitative estimate of drug-likeness (QED) is 0.139. The summed E-state index contributed by atoms with van der Waals surface area (Å²) in [4.78, 5) is 31.5. The fourth-order valence-corrected chi connectivity index (χ4v) is 6.95. The van der Waals surface area contributed by atoms with Gasteiger partial charge in [-0.15, -0.1) is 11.3 Å². The van der Waals surface area contributed by atoms with E-state index in [0.29, 0.717) is 29.5 Å². The second kappa shape index (κ2) is 14.2.